The second-order valence-corrected chi connectivity index (χ2v) is 5.84. The van der Waals surface area contributed by atoms with Gasteiger partial charge in [0.1, 0.15) is 11.7 Å². The summed E-state index contributed by atoms with van der Waals surface area (Å²) in [6.07, 6.45) is 1.42. The topological polar surface area (TPSA) is 149 Å². The molecule has 26 heavy (non-hydrogen) atoms. The molecule has 0 spiro atoms. The first-order chi connectivity index (χ1) is 12.3. The highest BCUT2D eigenvalue weighted by Gasteiger charge is 2.26. The number of aliphatic carboxylic acids is 1. The van der Waals surface area contributed by atoms with Gasteiger partial charge in [-0.1, -0.05) is 6.07 Å². The van der Waals surface area contributed by atoms with E-state index in [1.807, 2.05) is 0 Å². The lowest BCUT2D eigenvalue weighted by molar-refractivity contribution is -0.384. The maximum absolute atomic E-state index is 12.6. The number of ketones is 1. The number of carbonyl (C=O) groups excluding carboxylic acids is 1. The van der Waals surface area contributed by atoms with Crippen LogP contribution in [0, 0.1) is 17.0 Å². The van der Waals surface area contributed by atoms with Gasteiger partial charge >= 0.3 is 5.97 Å². The van der Waals surface area contributed by atoms with Crippen molar-refractivity contribution in [2.24, 2.45) is 5.73 Å². The fourth-order valence-corrected chi connectivity index (χ4v) is 2.44. The van der Waals surface area contributed by atoms with Crippen LogP contribution in [-0.2, 0) is 4.79 Å². The average molecular weight is 361 g/mol. The molecule has 0 saturated heterocycles. The molecule has 2 atom stereocenters. The summed E-state index contributed by atoms with van der Waals surface area (Å²) in [7, 11) is 0. The van der Waals surface area contributed by atoms with Gasteiger partial charge in [0, 0.05) is 6.07 Å². The van der Waals surface area contributed by atoms with Crippen LogP contribution >= 0.6 is 0 Å². The maximum atomic E-state index is 12.6. The molecule has 0 fully saturated rings. The fourth-order valence-electron chi connectivity index (χ4n) is 2.44. The number of hydrogen-bond acceptors (Lipinski definition) is 7. The molecular formula is C17H19N3O6. The molecule has 0 aliphatic carbocycles. The maximum Gasteiger partial charge on any atom is 0.320 e. The van der Waals surface area contributed by atoms with E-state index in [4.69, 9.17) is 15.3 Å². The Morgan fingerprint density at radius 1 is 1.35 bits per heavy atom. The van der Waals surface area contributed by atoms with Crippen LogP contribution in [0.2, 0.25) is 0 Å². The van der Waals surface area contributed by atoms with Crippen LogP contribution < -0.4 is 11.1 Å². The molecule has 2 rings (SSSR count). The second kappa shape index (κ2) is 8.26. The van der Waals surface area contributed by atoms with E-state index < -0.39 is 28.8 Å². The van der Waals surface area contributed by atoms with Crippen molar-refractivity contribution in [2.75, 3.05) is 5.32 Å². The molecule has 1 aromatic heterocycles. The number of nitrogens with two attached hydrogens (primary N) is 1. The first-order valence-electron chi connectivity index (χ1n) is 7.87. The van der Waals surface area contributed by atoms with Gasteiger partial charge in [0.15, 0.2) is 5.76 Å². The van der Waals surface area contributed by atoms with Gasteiger partial charge in [-0.25, -0.2) is 0 Å². The summed E-state index contributed by atoms with van der Waals surface area (Å²) < 4.78 is 5.10. The summed E-state index contributed by atoms with van der Waals surface area (Å²) in [5, 5.41) is 23.0. The molecule has 2 unspecified atom stereocenters. The van der Waals surface area contributed by atoms with Gasteiger partial charge in [-0.2, -0.15) is 0 Å². The van der Waals surface area contributed by atoms with Gasteiger partial charge in [0.25, 0.3) is 5.69 Å². The molecule has 0 aliphatic heterocycles. The lowest BCUT2D eigenvalue weighted by Gasteiger charge is -2.19. The summed E-state index contributed by atoms with van der Waals surface area (Å²) in [5.74, 6) is -1.55. The van der Waals surface area contributed by atoms with Crippen molar-refractivity contribution in [3.8, 4) is 0 Å². The Bertz CT molecular complexity index is 803. The highest BCUT2D eigenvalue weighted by molar-refractivity contribution is 5.99. The van der Waals surface area contributed by atoms with Crippen molar-refractivity contribution in [1.82, 2.24) is 0 Å². The number of carboxylic acids is 1. The minimum Gasteiger partial charge on any atom is -0.480 e. The third-order valence-electron chi connectivity index (χ3n) is 3.84. The van der Waals surface area contributed by atoms with Gasteiger partial charge in [-0.3, -0.25) is 19.7 Å². The van der Waals surface area contributed by atoms with E-state index in [1.54, 1.807) is 25.1 Å². The smallest absolute Gasteiger partial charge is 0.320 e. The Kier molecular flexibility index (Phi) is 6.07. The molecule has 4 N–H and O–H groups in total. The molecule has 9 nitrogen and oxygen atoms in total. The van der Waals surface area contributed by atoms with E-state index >= 15 is 0 Å². The van der Waals surface area contributed by atoms with Crippen molar-refractivity contribution < 1.29 is 24.0 Å². The van der Waals surface area contributed by atoms with Crippen molar-refractivity contribution in [1.29, 1.82) is 0 Å². The lowest BCUT2D eigenvalue weighted by Crippen LogP contribution is -2.35. The number of nitro benzene ring substituents is 1. The highest BCUT2D eigenvalue weighted by atomic mass is 16.6. The first kappa shape index (κ1) is 19.1. The number of benzene rings is 1. The van der Waals surface area contributed by atoms with Crippen LogP contribution in [0.3, 0.4) is 0 Å². The summed E-state index contributed by atoms with van der Waals surface area (Å²) >= 11 is 0. The zero-order valence-corrected chi connectivity index (χ0v) is 14.0. The number of hydrogen-bond donors (Lipinski definition) is 3. The number of furan rings is 1. The molecule has 0 aliphatic rings. The van der Waals surface area contributed by atoms with E-state index in [9.17, 15) is 19.7 Å². The SMILES string of the molecule is Cc1ccc([N+](=O)[O-])c(NC(CCC(N)C(=O)O)C(=O)c2ccco2)c1. The largest absolute Gasteiger partial charge is 0.480 e. The highest BCUT2D eigenvalue weighted by Crippen LogP contribution is 2.27. The molecule has 0 bridgehead atoms. The van der Waals surface area contributed by atoms with E-state index in [0.717, 1.165) is 5.56 Å². The molecule has 1 heterocycles. The quantitative estimate of drug-likeness (QED) is 0.350. The van der Waals surface area contributed by atoms with Crippen molar-refractivity contribution in [3.63, 3.8) is 0 Å². The van der Waals surface area contributed by atoms with Gasteiger partial charge in [-0.15, -0.1) is 0 Å². The summed E-state index contributed by atoms with van der Waals surface area (Å²) in [4.78, 5) is 34.2. The van der Waals surface area contributed by atoms with Crippen LogP contribution in [0.15, 0.2) is 41.0 Å². The molecule has 138 valence electrons. The van der Waals surface area contributed by atoms with Crippen LogP contribution in [-0.4, -0.2) is 33.9 Å². The minimum atomic E-state index is -1.18. The Hall–Kier alpha value is -3.20. The molecule has 0 amide bonds. The van der Waals surface area contributed by atoms with Crippen molar-refractivity contribution in [2.45, 2.75) is 31.8 Å². The van der Waals surface area contributed by atoms with E-state index in [2.05, 4.69) is 5.32 Å². The van der Waals surface area contributed by atoms with Crippen molar-refractivity contribution in [3.05, 3.63) is 58.0 Å². The standard InChI is InChI=1S/C17H19N3O6/c1-10-4-7-14(20(24)25)13(9-10)19-12(6-5-11(18)17(22)23)16(21)15-3-2-8-26-15/h2-4,7-9,11-12,19H,5-6,18H2,1H3,(H,22,23). The Morgan fingerprint density at radius 2 is 2.08 bits per heavy atom. The number of aryl methyl sites for hydroxylation is 1. The summed E-state index contributed by atoms with van der Waals surface area (Å²) in [5.41, 5.74) is 6.26. The number of anilines is 1. The number of nitro groups is 1. The number of rotatable bonds is 9. The third-order valence-corrected chi connectivity index (χ3v) is 3.84. The van der Waals surface area contributed by atoms with Crippen LogP contribution in [0.5, 0.6) is 0 Å². The predicted octanol–water partition coefficient (Wildman–Crippen LogP) is 2.35. The van der Waals surface area contributed by atoms with Crippen LogP contribution in [0.1, 0.15) is 29.0 Å². The number of nitrogens with one attached hydrogen (secondary N) is 1. The van der Waals surface area contributed by atoms with E-state index in [1.165, 1.54) is 18.4 Å². The lowest BCUT2D eigenvalue weighted by atomic mass is 10.0. The zero-order chi connectivity index (χ0) is 19.3. The minimum absolute atomic E-state index is 0.0130. The van der Waals surface area contributed by atoms with Gasteiger partial charge in [-0.05, 0) is 43.5 Å². The van der Waals surface area contributed by atoms with Gasteiger partial charge in [0.05, 0.1) is 17.2 Å². The Balaban J connectivity index is 2.29. The first-order valence-corrected chi connectivity index (χ1v) is 7.87. The predicted molar refractivity (Wildman–Crippen MR) is 93.1 cm³/mol. The average Bonchev–Trinajstić information content (AvgIpc) is 3.11. The number of carbonyl (C=O) groups is 2. The second-order valence-electron chi connectivity index (χ2n) is 5.84. The van der Waals surface area contributed by atoms with E-state index in [-0.39, 0.29) is 30.0 Å². The normalized spacial score (nSPS) is 13.0. The van der Waals surface area contributed by atoms with Gasteiger partial charge in [0.2, 0.25) is 5.78 Å². The van der Waals surface area contributed by atoms with E-state index in [0.29, 0.717) is 0 Å². The zero-order valence-electron chi connectivity index (χ0n) is 14.0. The monoisotopic (exact) mass is 361 g/mol. The third kappa shape index (κ3) is 4.67. The molecule has 2 aromatic rings. The molecular weight excluding hydrogens is 342 g/mol. The summed E-state index contributed by atoms with van der Waals surface area (Å²) in [6.45, 7) is 1.76. The van der Waals surface area contributed by atoms with Gasteiger partial charge < -0.3 is 20.6 Å². The molecule has 1 aromatic carbocycles. The summed E-state index contributed by atoms with van der Waals surface area (Å²) in [6, 6.07) is 5.43. The van der Waals surface area contributed by atoms with Crippen LogP contribution in [0.4, 0.5) is 11.4 Å². The number of nitrogens with zero attached hydrogens (tertiary/aromatic N) is 1. The fraction of sp³-hybridized carbons (Fsp3) is 0.294. The molecule has 9 heteroatoms. The van der Waals surface area contributed by atoms with Crippen molar-refractivity contribution >= 4 is 23.1 Å². The molecule has 0 radical (unpaired) electrons. The van der Waals surface area contributed by atoms with Crippen LogP contribution in [0.25, 0.3) is 0 Å². The Labute approximate surface area is 148 Å². The Morgan fingerprint density at radius 3 is 2.65 bits per heavy atom. The number of carboxylic acid groups (broad SMARTS) is 1. The number of Topliss-reactive ketones (excluding diaryl/α,β-unsaturated/α-hetero) is 1. The molecule has 0 saturated carbocycles.